The van der Waals surface area contributed by atoms with E-state index in [1.54, 1.807) is 0 Å². The molecule has 1 saturated carbocycles. The van der Waals surface area contributed by atoms with Gasteiger partial charge in [-0.1, -0.05) is 51.0 Å². The second kappa shape index (κ2) is 13.4. The van der Waals surface area contributed by atoms with Gasteiger partial charge in [-0.25, -0.2) is 4.79 Å². The molecule has 4 rings (SSSR count). The molecule has 37 heavy (non-hydrogen) atoms. The number of ketones is 1. The quantitative estimate of drug-likeness (QED) is 0.499. The lowest BCUT2D eigenvalue weighted by molar-refractivity contribution is -0.132. The number of nitrogens with zero attached hydrogens (tertiary/aromatic N) is 2. The van der Waals surface area contributed by atoms with Crippen LogP contribution in [0.15, 0.2) is 24.3 Å². The molecular formula is C29H45N5O3. The molecule has 3 aliphatic rings. The largest absolute Gasteiger partial charge is 0.346 e. The number of urea groups is 1. The summed E-state index contributed by atoms with van der Waals surface area (Å²) in [7, 11) is 0. The van der Waals surface area contributed by atoms with E-state index in [4.69, 9.17) is 0 Å². The molecule has 204 valence electrons. The van der Waals surface area contributed by atoms with Crippen molar-refractivity contribution in [3.05, 3.63) is 35.4 Å². The Hall–Kier alpha value is -2.45. The minimum Gasteiger partial charge on any atom is -0.346 e. The van der Waals surface area contributed by atoms with E-state index >= 15 is 0 Å². The van der Waals surface area contributed by atoms with Crippen molar-refractivity contribution in [3.63, 3.8) is 0 Å². The van der Waals surface area contributed by atoms with Crippen LogP contribution < -0.4 is 16.0 Å². The predicted octanol–water partition coefficient (Wildman–Crippen LogP) is 2.71. The zero-order valence-corrected chi connectivity index (χ0v) is 22.6. The second-order valence-electron chi connectivity index (χ2n) is 11.4. The molecule has 2 aliphatic heterocycles. The fourth-order valence-corrected chi connectivity index (χ4v) is 5.99. The summed E-state index contributed by atoms with van der Waals surface area (Å²) in [5, 5.41) is 9.55. The van der Waals surface area contributed by atoms with E-state index in [0.29, 0.717) is 26.1 Å². The van der Waals surface area contributed by atoms with Crippen LogP contribution in [0.1, 0.15) is 63.5 Å². The van der Waals surface area contributed by atoms with Crippen LogP contribution >= 0.6 is 0 Å². The normalized spacial score (nSPS) is 23.6. The third-order valence-corrected chi connectivity index (χ3v) is 8.04. The minimum atomic E-state index is -0.502. The van der Waals surface area contributed by atoms with Crippen LogP contribution in [0, 0.1) is 11.8 Å². The molecule has 1 saturated heterocycles. The first kappa shape index (κ1) is 27.6. The van der Waals surface area contributed by atoms with Crippen molar-refractivity contribution in [3.8, 4) is 0 Å². The van der Waals surface area contributed by atoms with E-state index in [-0.39, 0.29) is 35.6 Å². The van der Waals surface area contributed by atoms with Gasteiger partial charge in [-0.15, -0.1) is 0 Å². The molecule has 3 N–H and O–H groups in total. The van der Waals surface area contributed by atoms with Crippen LogP contribution in [-0.4, -0.2) is 78.9 Å². The Morgan fingerprint density at radius 3 is 2.49 bits per heavy atom. The topological polar surface area (TPSA) is 93.8 Å². The van der Waals surface area contributed by atoms with Gasteiger partial charge in [0.1, 0.15) is 0 Å². The van der Waals surface area contributed by atoms with E-state index in [1.165, 1.54) is 11.1 Å². The molecular weight excluding hydrogens is 466 g/mol. The first-order valence-corrected chi connectivity index (χ1v) is 14.3. The fraction of sp³-hybridized carbons (Fsp3) is 0.690. The van der Waals surface area contributed by atoms with Gasteiger partial charge in [0, 0.05) is 38.8 Å². The van der Waals surface area contributed by atoms with Gasteiger partial charge in [0.2, 0.25) is 5.91 Å². The summed E-state index contributed by atoms with van der Waals surface area (Å²) in [6, 6.07) is 7.72. The zero-order valence-electron chi connectivity index (χ0n) is 22.6. The third-order valence-electron chi connectivity index (χ3n) is 8.04. The van der Waals surface area contributed by atoms with Gasteiger partial charge in [0.25, 0.3) is 0 Å². The number of hydrogen-bond donors (Lipinski definition) is 3. The van der Waals surface area contributed by atoms with Crippen molar-refractivity contribution in [1.29, 1.82) is 0 Å². The lowest BCUT2D eigenvalue weighted by atomic mass is 9.83. The Balaban J connectivity index is 1.38. The van der Waals surface area contributed by atoms with Crippen LogP contribution in [-0.2, 0) is 22.6 Å². The molecule has 2 heterocycles. The molecule has 8 nitrogen and oxygen atoms in total. The number of amides is 3. The van der Waals surface area contributed by atoms with Crippen molar-refractivity contribution in [1.82, 2.24) is 25.8 Å². The summed E-state index contributed by atoms with van der Waals surface area (Å²) in [5.41, 5.74) is 2.67. The van der Waals surface area contributed by atoms with Gasteiger partial charge in [-0.3, -0.25) is 14.5 Å². The highest BCUT2D eigenvalue weighted by atomic mass is 16.2. The number of hydrogen-bond acceptors (Lipinski definition) is 5. The van der Waals surface area contributed by atoms with Crippen LogP contribution in [0.2, 0.25) is 0 Å². The Labute approximate surface area is 221 Å². The molecule has 0 spiro atoms. The zero-order chi connectivity index (χ0) is 26.2. The summed E-state index contributed by atoms with van der Waals surface area (Å²) in [6.07, 6.45) is 6.20. The smallest absolute Gasteiger partial charge is 0.317 e. The average Bonchev–Trinajstić information content (AvgIpc) is 3.10. The van der Waals surface area contributed by atoms with Crippen LogP contribution in [0.4, 0.5) is 4.79 Å². The number of nitrogens with one attached hydrogen (secondary N) is 3. The van der Waals surface area contributed by atoms with E-state index in [0.717, 1.165) is 64.7 Å². The Morgan fingerprint density at radius 2 is 1.73 bits per heavy atom. The Bertz CT molecular complexity index is 930. The number of benzene rings is 1. The average molecular weight is 512 g/mol. The van der Waals surface area contributed by atoms with Gasteiger partial charge < -0.3 is 20.9 Å². The Kier molecular flexibility index (Phi) is 9.97. The number of piperazine rings is 1. The van der Waals surface area contributed by atoms with E-state index < -0.39 is 6.04 Å². The van der Waals surface area contributed by atoms with Gasteiger partial charge in [0.05, 0.1) is 18.5 Å². The standard InChI is InChI=1S/C29H45N5O3/c1-21(2)18-26(27(35)20-33-15-7-10-22-8-3-4-9-23(22)19-33)31-28(36)24-11-5-6-12-25(24)32-29(37)34-16-13-30-14-17-34/h3-4,8-9,21,24-26,30H,5-7,10-20H2,1-2H3,(H,31,36)(H,32,37)/t24-,25+,26+/m1/s1. The number of carbonyl (C=O) groups excluding carboxylic acids is 3. The molecule has 1 aromatic carbocycles. The maximum absolute atomic E-state index is 13.5. The summed E-state index contributed by atoms with van der Waals surface area (Å²) in [4.78, 5) is 43.9. The monoisotopic (exact) mass is 511 g/mol. The second-order valence-corrected chi connectivity index (χ2v) is 11.4. The van der Waals surface area contributed by atoms with Crippen molar-refractivity contribution in [2.45, 2.75) is 77.4 Å². The molecule has 0 bridgehead atoms. The van der Waals surface area contributed by atoms with Crippen molar-refractivity contribution >= 4 is 17.7 Å². The molecule has 3 atom stereocenters. The van der Waals surface area contributed by atoms with Gasteiger partial charge in [-0.05, 0) is 55.7 Å². The molecule has 1 aromatic rings. The highest BCUT2D eigenvalue weighted by molar-refractivity contribution is 5.91. The molecule has 0 radical (unpaired) electrons. The molecule has 3 amide bonds. The number of rotatable bonds is 8. The first-order chi connectivity index (χ1) is 17.9. The maximum Gasteiger partial charge on any atom is 0.317 e. The highest BCUT2D eigenvalue weighted by Crippen LogP contribution is 2.26. The minimum absolute atomic E-state index is 0.0811. The van der Waals surface area contributed by atoms with Gasteiger partial charge >= 0.3 is 6.03 Å². The van der Waals surface area contributed by atoms with Gasteiger partial charge in [0.15, 0.2) is 5.78 Å². The summed E-state index contributed by atoms with van der Waals surface area (Å²) >= 11 is 0. The number of aryl methyl sites for hydroxylation is 1. The SMILES string of the molecule is CC(C)C[C@H](NC(=O)[C@@H]1CCCC[C@@H]1NC(=O)N1CCNCC1)C(=O)CN1CCCc2ccccc2C1. The van der Waals surface area contributed by atoms with Crippen molar-refractivity contribution in [2.75, 3.05) is 39.3 Å². The van der Waals surface area contributed by atoms with Crippen molar-refractivity contribution < 1.29 is 14.4 Å². The third kappa shape index (κ3) is 7.77. The van der Waals surface area contributed by atoms with E-state index in [2.05, 4.69) is 59.0 Å². The summed E-state index contributed by atoms with van der Waals surface area (Å²) < 4.78 is 0. The molecule has 8 heteroatoms. The highest BCUT2D eigenvalue weighted by Gasteiger charge is 2.35. The van der Waals surface area contributed by atoms with E-state index in [1.807, 2.05) is 4.90 Å². The summed E-state index contributed by atoms with van der Waals surface area (Å²) in [6.45, 7) is 9.13. The van der Waals surface area contributed by atoms with Crippen LogP contribution in [0.5, 0.6) is 0 Å². The number of fused-ring (bicyclic) bond motifs is 1. The first-order valence-electron chi connectivity index (χ1n) is 14.3. The maximum atomic E-state index is 13.5. The molecule has 1 aliphatic carbocycles. The van der Waals surface area contributed by atoms with Gasteiger partial charge in [-0.2, -0.15) is 0 Å². The number of Topliss-reactive ketones (excluding diaryl/α,β-unsaturated/α-hetero) is 1. The van der Waals surface area contributed by atoms with E-state index in [9.17, 15) is 14.4 Å². The lowest BCUT2D eigenvalue weighted by Gasteiger charge is -2.35. The fourth-order valence-electron chi connectivity index (χ4n) is 5.99. The van der Waals surface area contributed by atoms with Crippen LogP contribution in [0.3, 0.4) is 0 Å². The molecule has 0 aromatic heterocycles. The number of carbonyl (C=O) groups is 3. The predicted molar refractivity (Wildman–Crippen MR) is 145 cm³/mol. The molecule has 0 unspecified atom stereocenters. The Morgan fingerprint density at radius 1 is 1.00 bits per heavy atom. The lowest BCUT2D eigenvalue weighted by Crippen LogP contribution is -2.56. The summed E-state index contributed by atoms with van der Waals surface area (Å²) in [5.74, 6) is -0.0222. The molecule has 2 fully saturated rings. The van der Waals surface area contributed by atoms with Crippen LogP contribution in [0.25, 0.3) is 0 Å². The van der Waals surface area contributed by atoms with Crippen molar-refractivity contribution in [2.24, 2.45) is 11.8 Å².